The molecule has 0 atom stereocenters. The van der Waals surface area contributed by atoms with Crippen LogP contribution < -0.4 is 15.0 Å². The Morgan fingerprint density at radius 1 is 1.27 bits per heavy atom. The average Bonchev–Trinajstić information content (AvgIpc) is 3.10. The topological polar surface area (TPSA) is 94.7 Å². The minimum absolute atomic E-state index is 0.0169. The maximum absolute atomic E-state index is 12.7. The van der Waals surface area contributed by atoms with E-state index >= 15 is 0 Å². The lowest BCUT2D eigenvalue weighted by Crippen LogP contribution is -2.25. The molecule has 3 rings (SSSR count). The van der Waals surface area contributed by atoms with Crippen molar-refractivity contribution in [1.29, 1.82) is 0 Å². The van der Waals surface area contributed by atoms with Gasteiger partial charge in [0.05, 0.1) is 7.11 Å². The van der Waals surface area contributed by atoms with Gasteiger partial charge in [-0.1, -0.05) is 18.2 Å². The van der Waals surface area contributed by atoms with Gasteiger partial charge in [-0.3, -0.25) is 9.20 Å². The van der Waals surface area contributed by atoms with Gasteiger partial charge in [-0.15, -0.1) is 0 Å². The van der Waals surface area contributed by atoms with Crippen molar-refractivity contribution in [1.82, 2.24) is 18.9 Å². The summed E-state index contributed by atoms with van der Waals surface area (Å²) in [5.74, 6) is 1.13. The fourth-order valence-corrected chi connectivity index (χ4v) is 3.76. The van der Waals surface area contributed by atoms with Gasteiger partial charge < -0.3 is 4.74 Å². The predicted molar refractivity (Wildman–Crippen MR) is 96.9 cm³/mol. The second-order valence-corrected chi connectivity index (χ2v) is 7.50. The third-order valence-electron chi connectivity index (χ3n) is 4.12. The lowest BCUT2D eigenvalue weighted by atomic mass is 10.2. The van der Waals surface area contributed by atoms with Crippen molar-refractivity contribution in [2.75, 3.05) is 7.11 Å². The molecule has 0 unspecified atom stereocenters. The van der Waals surface area contributed by atoms with Gasteiger partial charge in [-0.05, 0) is 26.0 Å². The maximum Gasteiger partial charge on any atom is 0.291 e. The van der Waals surface area contributed by atoms with Crippen LogP contribution in [-0.2, 0) is 23.1 Å². The summed E-state index contributed by atoms with van der Waals surface area (Å²) in [5.41, 5.74) is 0.662. The molecule has 0 saturated carbocycles. The summed E-state index contributed by atoms with van der Waals surface area (Å²) in [6.45, 7) is 4.02. The number of hydrogen-bond acceptors (Lipinski definition) is 5. The highest BCUT2D eigenvalue weighted by molar-refractivity contribution is 7.89. The number of rotatable bonds is 6. The van der Waals surface area contributed by atoms with Crippen LogP contribution in [-0.4, -0.2) is 29.7 Å². The first-order valence-electron chi connectivity index (χ1n) is 8.08. The largest absolute Gasteiger partial charge is 0.496 e. The first-order valence-corrected chi connectivity index (χ1v) is 9.57. The normalized spacial score (nSPS) is 11.8. The van der Waals surface area contributed by atoms with E-state index in [9.17, 15) is 13.2 Å². The monoisotopic (exact) mass is 376 g/mol. The Balaban J connectivity index is 1.96. The van der Waals surface area contributed by atoms with Crippen LogP contribution >= 0.6 is 0 Å². The van der Waals surface area contributed by atoms with Crippen LogP contribution in [0.5, 0.6) is 5.75 Å². The molecule has 3 aromatic rings. The Kier molecular flexibility index (Phi) is 4.84. The van der Waals surface area contributed by atoms with Crippen LogP contribution in [0.25, 0.3) is 5.52 Å². The molecule has 1 aromatic carbocycles. The lowest BCUT2D eigenvalue weighted by molar-refractivity contribution is 0.409. The summed E-state index contributed by atoms with van der Waals surface area (Å²) < 4.78 is 35.9. The van der Waals surface area contributed by atoms with Gasteiger partial charge in [-0.25, -0.2) is 17.8 Å². The van der Waals surface area contributed by atoms with Gasteiger partial charge in [0.25, 0.3) is 5.56 Å². The number of aryl methyl sites for hydroxylation is 2. The first-order chi connectivity index (χ1) is 12.4. The van der Waals surface area contributed by atoms with Crippen LogP contribution in [0.2, 0.25) is 0 Å². The zero-order valence-electron chi connectivity index (χ0n) is 14.8. The Labute approximate surface area is 151 Å². The predicted octanol–water partition coefficient (Wildman–Crippen LogP) is 1.31. The number of sulfonamides is 1. The zero-order valence-corrected chi connectivity index (χ0v) is 15.6. The van der Waals surface area contributed by atoms with Gasteiger partial charge in [0.2, 0.25) is 10.0 Å². The summed E-state index contributed by atoms with van der Waals surface area (Å²) in [4.78, 5) is 12.4. The number of ether oxygens (including phenoxy) is 1. The Morgan fingerprint density at radius 3 is 2.69 bits per heavy atom. The van der Waals surface area contributed by atoms with E-state index in [1.165, 1.54) is 28.5 Å². The van der Waals surface area contributed by atoms with Crippen molar-refractivity contribution in [2.24, 2.45) is 0 Å². The fourth-order valence-electron chi connectivity index (χ4n) is 2.74. The molecule has 2 aromatic heterocycles. The van der Waals surface area contributed by atoms with Gasteiger partial charge in [-0.2, -0.15) is 5.10 Å². The van der Waals surface area contributed by atoms with Crippen molar-refractivity contribution in [2.45, 2.75) is 31.8 Å². The number of benzene rings is 1. The molecule has 9 heteroatoms. The Bertz CT molecular complexity index is 1120. The van der Waals surface area contributed by atoms with Crippen molar-refractivity contribution < 1.29 is 13.2 Å². The summed E-state index contributed by atoms with van der Waals surface area (Å²) in [6, 6.07) is 8.53. The Morgan fingerprint density at radius 2 is 2.00 bits per heavy atom. The summed E-state index contributed by atoms with van der Waals surface area (Å²) in [7, 11) is -2.27. The third kappa shape index (κ3) is 3.23. The smallest absolute Gasteiger partial charge is 0.291 e. The van der Waals surface area contributed by atoms with E-state index in [0.29, 0.717) is 23.7 Å². The molecule has 1 N–H and O–H groups in total. The molecule has 0 bridgehead atoms. The van der Waals surface area contributed by atoms with E-state index in [2.05, 4.69) is 9.82 Å². The van der Waals surface area contributed by atoms with Crippen LogP contribution in [0.15, 0.2) is 46.2 Å². The second-order valence-electron chi connectivity index (χ2n) is 5.74. The summed E-state index contributed by atoms with van der Waals surface area (Å²) >= 11 is 0. The van der Waals surface area contributed by atoms with Crippen LogP contribution in [0.4, 0.5) is 0 Å². The third-order valence-corrected chi connectivity index (χ3v) is 5.49. The molecule has 0 aliphatic carbocycles. The highest BCUT2D eigenvalue weighted by atomic mass is 32.2. The molecule has 26 heavy (non-hydrogen) atoms. The zero-order chi connectivity index (χ0) is 18.9. The van der Waals surface area contributed by atoms with Crippen LogP contribution in [0.3, 0.4) is 0 Å². The number of methoxy groups -OCH3 is 1. The molecule has 0 fully saturated rings. The Hall–Kier alpha value is -2.65. The van der Waals surface area contributed by atoms with Gasteiger partial charge in [0.1, 0.15) is 22.0 Å². The van der Waals surface area contributed by atoms with E-state index in [0.717, 1.165) is 0 Å². The second kappa shape index (κ2) is 6.93. The number of aromatic nitrogens is 3. The molecule has 0 amide bonds. The van der Waals surface area contributed by atoms with Crippen molar-refractivity contribution in [3.05, 3.63) is 58.3 Å². The quantitative estimate of drug-likeness (QED) is 0.700. The standard InChI is InChI=1S/C17H20N4O4S/c1-4-21-17(22)15-9-14(11-20(15)12(2)19-21)26(23,24)18-10-13-7-5-6-8-16(13)25-3/h5-9,11,18H,4,10H2,1-3H3. The van der Waals surface area contributed by atoms with Gasteiger partial charge in [0, 0.05) is 24.8 Å². The number of nitrogens with zero attached hydrogens (tertiary/aromatic N) is 3. The van der Waals surface area contributed by atoms with Gasteiger partial charge in [0.15, 0.2) is 0 Å². The minimum Gasteiger partial charge on any atom is -0.496 e. The first kappa shape index (κ1) is 18.2. The molecular formula is C17H20N4O4S. The number of para-hydroxylation sites is 1. The van der Waals surface area contributed by atoms with Gasteiger partial charge >= 0.3 is 0 Å². The molecule has 138 valence electrons. The molecule has 0 saturated heterocycles. The fraction of sp³-hybridized carbons (Fsp3) is 0.294. The average molecular weight is 376 g/mol. The summed E-state index contributed by atoms with van der Waals surface area (Å²) in [6.07, 6.45) is 1.41. The molecule has 0 radical (unpaired) electrons. The number of fused-ring (bicyclic) bond motifs is 1. The highest BCUT2D eigenvalue weighted by Crippen LogP contribution is 2.19. The summed E-state index contributed by atoms with van der Waals surface area (Å²) in [5, 5.41) is 4.17. The molecule has 0 aliphatic heterocycles. The van der Waals surface area contributed by atoms with E-state index in [-0.39, 0.29) is 22.5 Å². The van der Waals surface area contributed by atoms with E-state index < -0.39 is 10.0 Å². The van der Waals surface area contributed by atoms with E-state index in [1.54, 1.807) is 32.0 Å². The molecular weight excluding hydrogens is 356 g/mol. The minimum atomic E-state index is -3.80. The molecule has 8 nitrogen and oxygen atoms in total. The maximum atomic E-state index is 12.7. The van der Waals surface area contributed by atoms with Crippen molar-refractivity contribution >= 4 is 15.5 Å². The van der Waals surface area contributed by atoms with E-state index in [4.69, 9.17) is 4.74 Å². The van der Waals surface area contributed by atoms with Crippen LogP contribution in [0, 0.1) is 6.92 Å². The molecule has 2 heterocycles. The number of hydrogen-bond donors (Lipinski definition) is 1. The molecule has 0 aliphatic rings. The lowest BCUT2D eigenvalue weighted by Gasteiger charge is -2.09. The van der Waals surface area contributed by atoms with Crippen LogP contribution in [0.1, 0.15) is 18.3 Å². The number of nitrogens with one attached hydrogen (secondary N) is 1. The van der Waals surface area contributed by atoms with E-state index in [1.807, 2.05) is 6.07 Å². The molecule has 0 spiro atoms. The highest BCUT2D eigenvalue weighted by Gasteiger charge is 2.19. The SMILES string of the molecule is CCn1nc(C)n2cc(S(=O)(=O)NCc3ccccc3OC)cc2c1=O. The van der Waals surface area contributed by atoms with Crippen molar-refractivity contribution in [3.8, 4) is 5.75 Å². The van der Waals surface area contributed by atoms with Crippen molar-refractivity contribution in [3.63, 3.8) is 0 Å².